The minimum absolute atomic E-state index is 0.0206. The van der Waals surface area contributed by atoms with Gasteiger partial charge in [0, 0.05) is 44.0 Å². The fourth-order valence-electron chi connectivity index (χ4n) is 5.22. The second kappa shape index (κ2) is 11.0. The molecule has 14 heteroatoms. The van der Waals surface area contributed by atoms with E-state index < -0.39 is 54.5 Å². The van der Waals surface area contributed by atoms with E-state index in [1.165, 1.54) is 13.1 Å². The van der Waals surface area contributed by atoms with E-state index in [4.69, 9.17) is 9.26 Å². The molecule has 1 amide bonds. The van der Waals surface area contributed by atoms with Gasteiger partial charge in [-0.2, -0.15) is 0 Å². The molecule has 39 heavy (non-hydrogen) atoms. The molecule has 0 radical (unpaired) electrons. The first-order valence-corrected chi connectivity index (χ1v) is 12.6. The van der Waals surface area contributed by atoms with Gasteiger partial charge in [0.05, 0.1) is 24.6 Å². The highest BCUT2D eigenvalue weighted by Crippen LogP contribution is 2.34. The number of rotatable bonds is 6. The standard InChI is InChI=1S/C25H28F3N5O6/c1-12(35)32-4-2-13(3-5-32)19-8-15(30-39-19)9-20-24(36)23(25(37)21(11-34)38-20)33-10-18(29-31-33)14-6-16(26)22(28)17(27)7-14/h6-8,10,13,20-21,23-25,34,36-37H,2-5,9,11H2,1H3/t20-,21-,23-,24+,25+/m1/s1. The molecule has 2 aliphatic heterocycles. The van der Waals surface area contributed by atoms with Crippen LogP contribution in [0.2, 0.25) is 0 Å². The van der Waals surface area contributed by atoms with Crippen molar-refractivity contribution in [3.8, 4) is 11.3 Å². The Balaban J connectivity index is 1.33. The van der Waals surface area contributed by atoms with E-state index in [0.717, 1.165) is 29.7 Å². The Kier molecular flexibility index (Phi) is 7.71. The molecule has 2 fully saturated rings. The zero-order valence-corrected chi connectivity index (χ0v) is 21.0. The SMILES string of the molecule is CC(=O)N1CCC(c2cc(C[C@H]3O[C@H](CO)[C@H](O)[C@H](n4cc(-c5cc(F)c(F)c(F)c5)nn4)[C@H]3O)no2)CC1. The largest absolute Gasteiger partial charge is 0.394 e. The number of carbonyl (C=O) groups excluding carboxylic acids is 1. The van der Waals surface area contributed by atoms with Crippen LogP contribution in [0.15, 0.2) is 28.9 Å². The summed E-state index contributed by atoms with van der Waals surface area (Å²) < 4.78 is 53.2. The maximum Gasteiger partial charge on any atom is 0.219 e. The molecule has 0 saturated carbocycles. The van der Waals surface area contributed by atoms with Crippen LogP contribution in [0, 0.1) is 17.5 Å². The lowest BCUT2D eigenvalue weighted by Crippen LogP contribution is -2.56. The molecule has 2 saturated heterocycles. The topological polar surface area (TPSA) is 147 Å². The van der Waals surface area contributed by atoms with Gasteiger partial charge in [0.2, 0.25) is 5.91 Å². The molecule has 2 aliphatic rings. The van der Waals surface area contributed by atoms with Crippen molar-refractivity contribution >= 4 is 5.91 Å². The minimum atomic E-state index is -1.62. The summed E-state index contributed by atoms with van der Waals surface area (Å²) in [4.78, 5) is 13.4. The molecular formula is C25H28F3N5O6. The molecule has 3 N–H and O–H groups in total. The van der Waals surface area contributed by atoms with Gasteiger partial charge in [0.25, 0.3) is 0 Å². The van der Waals surface area contributed by atoms with Gasteiger partial charge >= 0.3 is 0 Å². The molecule has 4 heterocycles. The summed E-state index contributed by atoms with van der Waals surface area (Å²) in [6.45, 7) is 2.22. The van der Waals surface area contributed by atoms with Gasteiger partial charge in [-0.05, 0) is 25.0 Å². The lowest BCUT2D eigenvalue weighted by atomic mass is 9.90. The summed E-state index contributed by atoms with van der Waals surface area (Å²) in [5.41, 5.74) is 0.382. The molecule has 1 aromatic carbocycles. The van der Waals surface area contributed by atoms with Crippen LogP contribution in [0.25, 0.3) is 11.3 Å². The Bertz CT molecular complexity index is 1300. The predicted octanol–water partition coefficient (Wildman–Crippen LogP) is 1.34. The van der Waals surface area contributed by atoms with Gasteiger partial charge in [0.1, 0.15) is 35.8 Å². The average Bonchev–Trinajstić information content (AvgIpc) is 3.59. The summed E-state index contributed by atoms with van der Waals surface area (Å²) in [7, 11) is 0. The molecule has 5 atom stereocenters. The molecule has 0 aliphatic carbocycles. The summed E-state index contributed by atoms with van der Waals surface area (Å²) >= 11 is 0. The van der Waals surface area contributed by atoms with E-state index in [1.54, 1.807) is 11.0 Å². The smallest absolute Gasteiger partial charge is 0.219 e. The van der Waals surface area contributed by atoms with E-state index in [-0.39, 0.29) is 29.5 Å². The van der Waals surface area contributed by atoms with Crippen molar-refractivity contribution in [2.75, 3.05) is 19.7 Å². The third-order valence-electron chi connectivity index (χ3n) is 7.42. The lowest BCUT2D eigenvalue weighted by Gasteiger charge is -2.42. The third-order valence-corrected chi connectivity index (χ3v) is 7.42. The number of piperidine rings is 1. The van der Waals surface area contributed by atoms with Crippen LogP contribution in [0.5, 0.6) is 0 Å². The number of likely N-dealkylation sites (tertiary alicyclic amines) is 1. The number of carbonyl (C=O) groups is 1. The van der Waals surface area contributed by atoms with Crippen LogP contribution in [0.3, 0.4) is 0 Å². The highest BCUT2D eigenvalue weighted by molar-refractivity contribution is 5.73. The maximum atomic E-state index is 13.7. The average molecular weight is 552 g/mol. The number of benzene rings is 1. The van der Waals surface area contributed by atoms with Crippen molar-refractivity contribution in [2.24, 2.45) is 0 Å². The number of hydrogen-bond acceptors (Lipinski definition) is 9. The summed E-state index contributed by atoms with van der Waals surface area (Å²) in [5, 5.41) is 43.6. The fourth-order valence-corrected chi connectivity index (χ4v) is 5.22. The lowest BCUT2D eigenvalue weighted by molar-refractivity contribution is -0.205. The van der Waals surface area contributed by atoms with E-state index in [9.17, 15) is 33.3 Å². The second-order valence-corrected chi connectivity index (χ2v) is 9.91. The number of aliphatic hydroxyl groups excluding tert-OH is 3. The minimum Gasteiger partial charge on any atom is -0.394 e. The fraction of sp³-hybridized carbons (Fsp3) is 0.520. The molecule has 0 spiro atoms. The molecule has 11 nitrogen and oxygen atoms in total. The molecule has 0 unspecified atom stereocenters. The highest BCUT2D eigenvalue weighted by Gasteiger charge is 2.46. The molecule has 2 aromatic heterocycles. The number of ether oxygens (including phenoxy) is 1. The normalized spacial score (nSPS) is 26.2. The Hall–Kier alpha value is -3.33. The van der Waals surface area contributed by atoms with Gasteiger partial charge in [-0.15, -0.1) is 5.10 Å². The Morgan fingerprint density at radius 2 is 1.74 bits per heavy atom. The predicted molar refractivity (Wildman–Crippen MR) is 127 cm³/mol. The summed E-state index contributed by atoms with van der Waals surface area (Å²) in [6, 6.07) is 2.15. The van der Waals surface area contributed by atoms with Crippen LogP contribution >= 0.6 is 0 Å². The first-order valence-electron chi connectivity index (χ1n) is 12.6. The van der Waals surface area contributed by atoms with Crippen LogP contribution in [-0.2, 0) is 16.0 Å². The second-order valence-electron chi connectivity index (χ2n) is 9.91. The van der Waals surface area contributed by atoms with Crippen molar-refractivity contribution in [1.29, 1.82) is 0 Å². The van der Waals surface area contributed by atoms with Gasteiger partial charge in [-0.1, -0.05) is 10.4 Å². The molecular weight excluding hydrogens is 523 g/mol. The van der Waals surface area contributed by atoms with E-state index in [1.807, 2.05) is 0 Å². The van der Waals surface area contributed by atoms with Crippen molar-refractivity contribution in [1.82, 2.24) is 25.1 Å². The highest BCUT2D eigenvalue weighted by atomic mass is 19.2. The first kappa shape index (κ1) is 27.2. The number of halogens is 3. The molecule has 210 valence electrons. The number of nitrogens with zero attached hydrogens (tertiary/aromatic N) is 5. The Labute approximate surface area is 220 Å². The summed E-state index contributed by atoms with van der Waals surface area (Å²) in [5.74, 6) is -3.64. The van der Waals surface area contributed by atoms with Crippen molar-refractivity contribution < 1.29 is 42.5 Å². The van der Waals surface area contributed by atoms with Crippen LogP contribution in [0.1, 0.15) is 43.2 Å². The zero-order valence-electron chi connectivity index (χ0n) is 21.0. The van der Waals surface area contributed by atoms with Gasteiger partial charge in [-0.3, -0.25) is 4.79 Å². The van der Waals surface area contributed by atoms with Gasteiger partial charge in [-0.25, -0.2) is 17.9 Å². The summed E-state index contributed by atoms with van der Waals surface area (Å²) in [6.07, 6.45) is -1.97. The molecule has 3 aromatic rings. The zero-order chi connectivity index (χ0) is 27.8. The van der Waals surface area contributed by atoms with E-state index in [2.05, 4.69) is 15.5 Å². The van der Waals surface area contributed by atoms with Crippen molar-refractivity contribution in [3.05, 3.63) is 53.3 Å². The monoisotopic (exact) mass is 551 g/mol. The Morgan fingerprint density at radius 1 is 1.08 bits per heavy atom. The Morgan fingerprint density at radius 3 is 2.38 bits per heavy atom. The third kappa shape index (κ3) is 5.41. The van der Waals surface area contributed by atoms with Crippen LogP contribution in [-0.4, -0.2) is 90.4 Å². The van der Waals surface area contributed by atoms with Crippen LogP contribution in [0.4, 0.5) is 13.2 Å². The quantitative estimate of drug-likeness (QED) is 0.386. The van der Waals surface area contributed by atoms with Gasteiger partial charge in [0.15, 0.2) is 17.5 Å². The molecule has 5 rings (SSSR count). The number of aromatic nitrogens is 4. The molecule has 0 bridgehead atoms. The van der Waals surface area contributed by atoms with Gasteiger partial charge < -0.3 is 29.5 Å². The number of amides is 1. The van der Waals surface area contributed by atoms with Crippen LogP contribution < -0.4 is 0 Å². The van der Waals surface area contributed by atoms with Crippen molar-refractivity contribution in [3.63, 3.8) is 0 Å². The number of aliphatic hydroxyl groups is 3. The maximum absolute atomic E-state index is 13.7. The van der Waals surface area contributed by atoms with E-state index >= 15 is 0 Å². The number of hydrogen-bond donors (Lipinski definition) is 3. The van der Waals surface area contributed by atoms with E-state index in [0.29, 0.717) is 24.5 Å². The first-order chi connectivity index (χ1) is 18.7. The van der Waals surface area contributed by atoms with Crippen molar-refractivity contribution in [2.45, 2.75) is 62.6 Å².